The molecule has 0 saturated heterocycles. The molecule has 0 amide bonds. The Morgan fingerprint density at radius 1 is 0.447 bits per heavy atom. The molecule has 0 atom stereocenters. The van der Waals surface area contributed by atoms with Crippen molar-refractivity contribution in [1.82, 2.24) is 0 Å². The Balaban J connectivity index is 1.14. The third-order valence-corrected chi connectivity index (χ3v) is 9.99. The zero-order chi connectivity index (χ0) is 31.5. The lowest BCUT2D eigenvalue weighted by Gasteiger charge is -2.29. The molecule has 2 heteroatoms. The summed E-state index contributed by atoms with van der Waals surface area (Å²) in [6, 6.07) is 59.5. The van der Waals surface area contributed by atoms with Gasteiger partial charge in [-0.05, 0) is 92.3 Å². The fraction of sp³-hybridized carbons (Fsp3) is 0.0667. The van der Waals surface area contributed by atoms with E-state index >= 15 is 0 Å². The summed E-state index contributed by atoms with van der Waals surface area (Å²) in [7, 11) is 0. The SMILES string of the molecule is CC1(C)c2cc(Nc3cc4ccccc4c4ccccc34)ccc2-c2ccc(N(c3ccccc3)c3cccc4ccccc34)cc21. The lowest BCUT2D eigenvalue weighted by Crippen LogP contribution is -2.17. The Labute approximate surface area is 275 Å². The second kappa shape index (κ2) is 10.6. The maximum atomic E-state index is 3.81. The normalized spacial score (nSPS) is 13.1. The molecule has 1 N–H and O–H groups in total. The summed E-state index contributed by atoms with van der Waals surface area (Å²) in [4.78, 5) is 2.40. The first-order chi connectivity index (χ1) is 23.1. The molecule has 1 aliphatic rings. The zero-order valence-corrected chi connectivity index (χ0v) is 26.5. The number of anilines is 5. The van der Waals surface area contributed by atoms with Gasteiger partial charge in [0, 0.05) is 38.9 Å². The summed E-state index contributed by atoms with van der Waals surface area (Å²) in [5, 5.41) is 11.3. The Morgan fingerprint density at radius 3 is 1.87 bits per heavy atom. The second-order valence-electron chi connectivity index (χ2n) is 13.1. The van der Waals surface area contributed by atoms with Crippen LogP contribution < -0.4 is 10.2 Å². The van der Waals surface area contributed by atoms with Gasteiger partial charge in [0.25, 0.3) is 0 Å². The third-order valence-electron chi connectivity index (χ3n) is 9.99. The average molecular weight is 603 g/mol. The van der Waals surface area contributed by atoms with Gasteiger partial charge in [0.2, 0.25) is 0 Å². The number of rotatable bonds is 5. The van der Waals surface area contributed by atoms with E-state index in [4.69, 9.17) is 0 Å². The summed E-state index contributed by atoms with van der Waals surface area (Å²) in [5.41, 5.74) is 10.8. The molecule has 0 aromatic heterocycles. The molecular formula is C45H34N2. The van der Waals surface area contributed by atoms with Gasteiger partial charge in [-0.1, -0.05) is 129 Å². The number of para-hydroxylation sites is 1. The van der Waals surface area contributed by atoms with Crippen LogP contribution in [0, 0.1) is 0 Å². The molecule has 0 fully saturated rings. The van der Waals surface area contributed by atoms with E-state index in [1.54, 1.807) is 0 Å². The maximum Gasteiger partial charge on any atom is 0.0540 e. The lowest BCUT2D eigenvalue weighted by molar-refractivity contribution is 0.660. The lowest BCUT2D eigenvalue weighted by atomic mass is 9.82. The molecule has 2 nitrogen and oxygen atoms in total. The molecule has 9 rings (SSSR count). The second-order valence-corrected chi connectivity index (χ2v) is 13.1. The van der Waals surface area contributed by atoms with E-state index in [9.17, 15) is 0 Å². The third kappa shape index (κ3) is 4.40. The Bertz CT molecular complexity index is 2470. The van der Waals surface area contributed by atoms with Gasteiger partial charge in [-0.3, -0.25) is 0 Å². The predicted octanol–water partition coefficient (Wildman–Crippen LogP) is 12.7. The van der Waals surface area contributed by atoms with Crippen LogP contribution in [0.1, 0.15) is 25.0 Å². The summed E-state index contributed by atoms with van der Waals surface area (Å²) >= 11 is 0. The smallest absolute Gasteiger partial charge is 0.0540 e. The van der Waals surface area contributed by atoms with Crippen molar-refractivity contribution in [2.24, 2.45) is 0 Å². The maximum absolute atomic E-state index is 3.81. The van der Waals surface area contributed by atoms with Gasteiger partial charge < -0.3 is 10.2 Å². The molecule has 8 aromatic rings. The van der Waals surface area contributed by atoms with E-state index < -0.39 is 0 Å². The van der Waals surface area contributed by atoms with Crippen molar-refractivity contribution in [3.63, 3.8) is 0 Å². The van der Waals surface area contributed by atoms with Crippen molar-refractivity contribution in [1.29, 1.82) is 0 Å². The van der Waals surface area contributed by atoms with Crippen molar-refractivity contribution in [2.75, 3.05) is 10.2 Å². The van der Waals surface area contributed by atoms with Crippen molar-refractivity contribution in [2.45, 2.75) is 19.3 Å². The van der Waals surface area contributed by atoms with Crippen LogP contribution in [0.3, 0.4) is 0 Å². The Hall–Kier alpha value is -5.86. The van der Waals surface area contributed by atoms with Gasteiger partial charge in [-0.25, -0.2) is 0 Å². The van der Waals surface area contributed by atoms with Gasteiger partial charge in [-0.2, -0.15) is 0 Å². The molecule has 8 aromatic carbocycles. The van der Waals surface area contributed by atoms with Crippen LogP contribution >= 0.6 is 0 Å². The highest BCUT2D eigenvalue weighted by Crippen LogP contribution is 2.52. The van der Waals surface area contributed by atoms with Gasteiger partial charge >= 0.3 is 0 Å². The minimum atomic E-state index is -0.176. The average Bonchev–Trinajstić information content (AvgIpc) is 3.34. The van der Waals surface area contributed by atoms with Crippen LogP contribution in [-0.2, 0) is 5.41 Å². The van der Waals surface area contributed by atoms with Crippen LogP contribution in [0.2, 0.25) is 0 Å². The fourth-order valence-electron chi connectivity index (χ4n) is 7.66. The highest BCUT2D eigenvalue weighted by atomic mass is 15.1. The molecule has 0 aliphatic heterocycles. The Morgan fingerprint density at radius 2 is 1.06 bits per heavy atom. The van der Waals surface area contributed by atoms with Crippen LogP contribution in [0.5, 0.6) is 0 Å². The topological polar surface area (TPSA) is 15.3 Å². The van der Waals surface area contributed by atoms with Crippen molar-refractivity contribution >= 4 is 60.8 Å². The van der Waals surface area contributed by atoms with Crippen molar-refractivity contribution in [3.05, 3.63) is 175 Å². The first-order valence-electron chi connectivity index (χ1n) is 16.4. The molecule has 0 bridgehead atoms. The number of nitrogens with one attached hydrogen (secondary N) is 1. The molecule has 0 saturated carbocycles. The van der Waals surface area contributed by atoms with Gasteiger partial charge in [0.05, 0.1) is 5.69 Å². The molecule has 1 aliphatic carbocycles. The molecule has 0 spiro atoms. The molecule has 0 unspecified atom stereocenters. The summed E-state index contributed by atoms with van der Waals surface area (Å²) in [6.07, 6.45) is 0. The molecule has 0 heterocycles. The standard InChI is InChI=1S/C45H34N2/c1-45(2)41-28-32(46-43-27-31-14-7-8-18-35(31)37-20-10-11-21-40(37)43)23-25-38(41)39-26-24-34(29-42(39)45)47(33-16-4-3-5-17-33)44-22-12-15-30-13-6-9-19-36(30)44/h3-29,46H,1-2H3. The van der Waals surface area contributed by atoms with Crippen LogP contribution in [0.15, 0.2) is 164 Å². The summed E-state index contributed by atoms with van der Waals surface area (Å²) < 4.78 is 0. The van der Waals surface area contributed by atoms with Crippen LogP contribution in [0.25, 0.3) is 43.4 Å². The van der Waals surface area contributed by atoms with E-state index in [-0.39, 0.29) is 5.41 Å². The molecule has 0 radical (unpaired) electrons. The predicted molar refractivity (Wildman–Crippen MR) is 201 cm³/mol. The molecule has 224 valence electrons. The monoisotopic (exact) mass is 602 g/mol. The van der Waals surface area contributed by atoms with Gasteiger partial charge in [0.1, 0.15) is 0 Å². The van der Waals surface area contributed by atoms with E-state index in [2.05, 4.69) is 188 Å². The minimum Gasteiger partial charge on any atom is -0.355 e. The van der Waals surface area contributed by atoms with E-state index in [0.717, 1.165) is 22.7 Å². The Kier molecular flexibility index (Phi) is 6.20. The quantitative estimate of drug-likeness (QED) is 0.197. The number of nitrogens with zero attached hydrogens (tertiary/aromatic N) is 1. The highest BCUT2D eigenvalue weighted by Gasteiger charge is 2.36. The van der Waals surface area contributed by atoms with Gasteiger partial charge in [-0.15, -0.1) is 0 Å². The van der Waals surface area contributed by atoms with Crippen LogP contribution in [0.4, 0.5) is 28.4 Å². The van der Waals surface area contributed by atoms with Crippen LogP contribution in [-0.4, -0.2) is 0 Å². The number of fused-ring (bicyclic) bond motifs is 7. The number of hydrogen-bond donors (Lipinski definition) is 1. The van der Waals surface area contributed by atoms with Gasteiger partial charge in [0.15, 0.2) is 0 Å². The molecule has 47 heavy (non-hydrogen) atoms. The first kappa shape index (κ1) is 27.5. The molecular weight excluding hydrogens is 569 g/mol. The zero-order valence-electron chi connectivity index (χ0n) is 26.5. The summed E-state index contributed by atoms with van der Waals surface area (Å²) in [5.74, 6) is 0. The number of benzene rings is 8. The largest absolute Gasteiger partial charge is 0.355 e. The van der Waals surface area contributed by atoms with E-state index in [1.807, 2.05) is 0 Å². The minimum absolute atomic E-state index is 0.176. The first-order valence-corrected chi connectivity index (χ1v) is 16.4. The van der Waals surface area contributed by atoms with Crippen molar-refractivity contribution in [3.8, 4) is 11.1 Å². The fourth-order valence-corrected chi connectivity index (χ4v) is 7.66. The van der Waals surface area contributed by atoms with E-state index in [0.29, 0.717) is 0 Å². The van der Waals surface area contributed by atoms with E-state index in [1.165, 1.54) is 60.3 Å². The van der Waals surface area contributed by atoms with Crippen molar-refractivity contribution < 1.29 is 0 Å². The summed E-state index contributed by atoms with van der Waals surface area (Å²) in [6.45, 7) is 4.73. The highest BCUT2D eigenvalue weighted by molar-refractivity contribution is 6.13. The number of hydrogen-bond acceptors (Lipinski definition) is 2.